The molecule has 0 saturated heterocycles. The molecule has 194 valence electrons. The fourth-order valence-corrected chi connectivity index (χ4v) is 5.19. The van der Waals surface area contributed by atoms with Crippen molar-refractivity contribution in [2.75, 3.05) is 37.0 Å². The summed E-state index contributed by atoms with van der Waals surface area (Å²) in [5.74, 6) is 0.158. The van der Waals surface area contributed by atoms with Crippen LogP contribution in [0.15, 0.2) is 23.1 Å². The van der Waals surface area contributed by atoms with Crippen molar-refractivity contribution in [2.24, 2.45) is 0 Å². The number of nitrogen functional groups attached to an aromatic ring is 1. The number of anilines is 2. The van der Waals surface area contributed by atoms with Gasteiger partial charge in [-0.3, -0.25) is 14.1 Å². The summed E-state index contributed by atoms with van der Waals surface area (Å²) in [5.41, 5.74) is 7.57. The maximum atomic E-state index is 13.9. The van der Waals surface area contributed by atoms with E-state index in [1.807, 2.05) is 0 Å². The van der Waals surface area contributed by atoms with Gasteiger partial charge in [0.1, 0.15) is 11.3 Å². The summed E-state index contributed by atoms with van der Waals surface area (Å²) in [4.78, 5) is 26.8. The highest BCUT2D eigenvalue weighted by molar-refractivity contribution is 7.92. The number of aromatic nitrogens is 4. The zero-order valence-electron chi connectivity index (χ0n) is 20.4. The Balaban J connectivity index is 1.86. The maximum absolute atomic E-state index is 13.9. The Bertz CT molecular complexity index is 1430. The van der Waals surface area contributed by atoms with Crippen molar-refractivity contribution < 1.29 is 23.0 Å². The highest BCUT2D eigenvalue weighted by Gasteiger charge is 2.27. The summed E-state index contributed by atoms with van der Waals surface area (Å²) >= 11 is 0. The Labute approximate surface area is 208 Å². The van der Waals surface area contributed by atoms with Gasteiger partial charge in [-0.25, -0.2) is 18.4 Å². The van der Waals surface area contributed by atoms with E-state index in [4.69, 9.17) is 20.3 Å². The SMILES string of the molecule is COc1ncc(-c2cc3c(C)nc(N)nc3n([C@H]3CC[C@H](OCCO)CC3)c2=O)cc1NS(C)(=O)=O. The molecule has 12 nitrogen and oxygen atoms in total. The number of hydrogen-bond acceptors (Lipinski definition) is 10. The molecule has 3 aromatic heterocycles. The van der Waals surface area contributed by atoms with Gasteiger partial charge < -0.3 is 20.3 Å². The molecule has 0 unspecified atom stereocenters. The van der Waals surface area contributed by atoms with Crippen LogP contribution in [0.4, 0.5) is 11.6 Å². The molecule has 0 bridgehead atoms. The zero-order chi connectivity index (χ0) is 26.0. The van der Waals surface area contributed by atoms with Gasteiger partial charge in [0.15, 0.2) is 0 Å². The van der Waals surface area contributed by atoms with Crippen LogP contribution in [0.25, 0.3) is 22.2 Å². The van der Waals surface area contributed by atoms with Crippen LogP contribution in [-0.4, -0.2) is 65.7 Å². The molecule has 4 rings (SSSR count). The van der Waals surface area contributed by atoms with Crippen LogP contribution in [0.5, 0.6) is 5.88 Å². The number of ether oxygens (including phenoxy) is 2. The van der Waals surface area contributed by atoms with E-state index in [0.717, 1.165) is 19.1 Å². The number of aliphatic hydroxyl groups excluding tert-OH is 1. The average molecular weight is 519 g/mol. The van der Waals surface area contributed by atoms with Crippen LogP contribution in [-0.2, 0) is 14.8 Å². The number of nitrogens with two attached hydrogens (primary N) is 1. The van der Waals surface area contributed by atoms with Crippen LogP contribution < -0.4 is 20.8 Å². The molecule has 0 radical (unpaired) electrons. The van der Waals surface area contributed by atoms with E-state index in [2.05, 4.69) is 19.7 Å². The summed E-state index contributed by atoms with van der Waals surface area (Å²) in [7, 11) is -2.24. The molecule has 0 atom stereocenters. The second kappa shape index (κ2) is 10.4. The lowest BCUT2D eigenvalue weighted by atomic mass is 9.92. The van der Waals surface area contributed by atoms with Gasteiger partial charge in [0.2, 0.25) is 21.9 Å². The number of nitrogens with zero attached hydrogens (tertiary/aromatic N) is 4. The van der Waals surface area contributed by atoms with Crippen LogP contribution in [0, 0.1) is 6.92 Å². The molecule has 1 aliphatic rings. The van der Waals surface area contributed by atoms with Gasteiger partial charge in [0.25, 0.3) is 5.56 Å². The lowest BCUT2D eigenvalue weighted by Gasteiger charge is -2.30. The van der Waals surface area contributed by atoms with Gasteiger partial charge in [0, 0.05) is 28.8 Å². The summed E-state index contributed by atoms with van der Waals surface area (Å²) in [6.45, 7) is 2.04. The molecule has 3 aromatic rings. The van der Waals surface area contributed by atoms with E-state index in [1.54, 1.807) is 17.6 Å². The van der Waals surface area contributed by atoms with Crippen molar-refractivity contribution in [1.29, 1.82) is 0 Å². The zero-order valence-corrected chi connectivity index (χ0v) is 21.2. The van der Waals surface area contributed by atoms with E-state index < -0.39 is 10.0 Å². The molecule has 4 N–H and O–H groups in total. The molecule has 0 aromatic carbocycles. The molecular formula is C23H30N6O6S. The number of rotatable bonds is 8. The summed E-state index contributed by atoms with van der Waals surface area (Å²) in [6, 6.07) is 3.06. The normalized spacial score (nSPS) is 18.3. The fraction of sp³-hybridized carbons (Fsp3) is 0.478. The molecular weight excluding hydrogens is 488 g/mol. The number of nitrogens with one attached hydrogen (secondary N) is 1. The Hall–Kier alpha value is -3.29. The molecule has 0 amide bonds. The second-order valence-electron chi connectivity index (χ2n) is 8.82. The van der Waals surface area contributed by atoms with Gasteiger partial charge in [-0.1, -0.05) is 0 Å². The minimum Gasteiger partial charge on any atom is -0.480 e. The largest absolute Gasteiger partial charge is 0.480 e. The van der Waals surface area contributed by atoms with Crippen molar-refractivity contribution in [1.82, 2.24) is 19.5 Å². The Morgan fingerprint density at radius 2 is 1.94 bits per heavy atom. The van der Waals surface area contributed by atoms with Gasteiger partial charge in [-0.2, -0.15) is 4.98 Å². The van der Waals surface area contributed by atoms with Crippen molar-refractivity contribution in [3.05, 3.63) is 34.4 Å². The molecule has 0 spiro atoms. The van der Waals surface area contributed by atoms with Crippen LogP contribution in [0.1, 0.15) is 37.4 Å². The first-order valence-corrected chi connectivity index (χ1v) is 13.4. The average Bonchev–Trinajstić information content (AvgIpc) is 2.82. The monoisotopic (exact) mass is 518 g/mol. The molecule has 36 heavy (non-hydrogen) atoms. The first kappa shape index (κ1) is 25.8. The summed E-state index contributed by atoms with van der Waals surface area (Å²) in [5, 5.41) is 9.70. The van der Waals surface area contributed by atoms with Crippen molar-refractivity contribution in [3.63, 3.8) is 0 Å². The predicted molar refractivity (Wildman–Crippen MR) is 136 cm³/mol. The van der Waals surface area contributed by atoms with Gasteiger partial charge >= 0.3 is 0 Å². The third kappa shape index (κ3) is 5.42. The van der Waals surface area contributed by atoms with Crippen LogP contribution in [0.3, 0.4) is 0 Å². The first-order chi connectivity index (χ1) is 17.1. The molecule has 1 aliphatic carbocycles. The predicted octanol–water partition coefficient (Wildman–Crippen LogP) is 1.62. The number of aryl methyl sites for hydroxylation is 1. The molecule has 1 fully saturated rings. The van der Waals surface area contributed by atoms with E-state index in [0.29, 0.717) is 40.7 Å². The van der Waals surface area contributed by atoms with Gasteiger partial charge in [-0.15, -0.1) is 0 Å². The smallest absolute Gasteiger partial charge is 0.260 e. The van der Waals surface area contributed by atoms with E-state index >= 15 is 0 Å². The molecule has 3 heterocycles. The highest BCUT2D eigenvalue weighted by atomic mass is 32.2. The number of methoxy groups -OCH3 is 1. The molecule has 0 aliphatic heterocycles. The number of pyridine rings is 2. The van der Waals surface area contributed by atoms with E-state index in [9.17, 15) is 13.2 Å². The van der Waals surface area contributed by atoms with Crippen molar-refractivity contribution >= 4 is 32.7 Å². The quantitative estimate of drug-likeness (QED) is 0.398. The summed E-state index contributed by atoms with van der Waals surface area (Å²) in [6.07, 6.45) is 5.33. The van der Waals surface area contributed by atoms with Crippen molar-refractivity contribution in [3.8, 4) is 17.0 Å². The minimum absolute atomic E-state index is 0.0235. The second-order valence-corrected chi connectivity index (χ2v) is 10.6. The Morgan fingerprint density at radius 3 is 2.58 bits per heavy atom. The van der Waals surface area contributed by atoms with E-state index in [1.165, 1.54) is 19.4 Å². The lowest BCUT2D eigenvalue weighted by molar-refractivity contribution is 0.00169. The maximum Gasteiger partial charge on any atom is 0.260 e. The third-order valence-electron chi connectivity index (χ3n) is 6.20. The van der Waals surface area contributed by atoms with Gasteiger partial charge in [0.05, 0.1) is 38.4 Å². The van der Waals surface area contributed by atoms with E-state index in [-0.39, 0.29) is 48.4 Å². The molecule has 1 saturated carbocycles. The number of sulfonamides is 1. The Morgan fingerprint density at radius 1 is 1.22 bits per heavy atom. The third-order valence-corrected chi connectivity index (χ3v) is 6.79. The first-order valence-electron chi connectivity index (χ1n) is 11.5. The standard InChI is InChI=1S/C23H30N6O6S/c1-13-17-11-18(14-10-19(28-36(3,32)33)21(34-2)25-12-14)22(31)29(20(17)27-23(24)26-13)15-4-6-16(7-5-15)35-9-8-30/h10-12,15-16,28,30H,4-9H2,1-3H3,(H2,24,26,27)/t15-,16-. The number of aliphatic hydroxyl groups is 1. The lowest BCUT2D eigenvalue weighted by Crippen LogP contribution is -2.32. The molecule has 13 heteroatoms. The van der Waals surface area contributed by atoms with Gasteiger partial charge in [-0.05, 0) is 44.7 Å². The number of hydrogen-bond donors (Lipinski definition) is 3. The van der Waals surface area contributed by atoms with Crippen LogP contribution in [0.2, 0.25) is 0 Å². The van der Waals surface area contributed by atoms with Crippen LogP contribution >= 0.6 is 0 Å². The fourth-order valence-electron chi connectivity index (χ4n) is 4.64. The number of fused-ring (bicyclic) bond motifs is 1. The topological polar surface area (TPSA) is 172 Å². The summed E-state index contributed by atoms with van der Waals surface area (Å²) < 4.78 is 38.7. The highest BCUT2D eigenvalue weighted by Crippen LogP contribution is 2.34. The minimum atomic E-state index is -3.62. The van der Waals surface area contributed by atoms with Crippen molar-refractivity contribution in [2.45, 2.75) is 44.8 Å². The Kier molecular flexibility index (Phi) is 7.43.